The second kappa shape index (κ2) is 6.39. The Hall–Kier alpha value is -2.25. The number of hydrogen-bond acceptors (Lipinski definition) is 4. The molecule has 3 aliphatic rings. The maximum atomic E-state index is 13.4. The molecule has 0 saturated carbocycles. The van der Waals surface area contributed by atoms with Crippen LogP contribution in [0.2, 0.25) is 0 Å². The maximum absolute atomic E-state index is 13.4. The Bertz CT molecular complexity index is 996. The molecule has 0 N–H and O–H groups in total. The summed E-state index contributed by atoms with van der Waals surface area (Å²) >= 11 is 0. The molecule has 1 spiro atoms. The maximum Gasteiger partial charge on any atom is 0.243 e. The van der Waals surface area contributed by atoms with E-state index in [4.69, 9.17) is 0 Å². The minimum absolute atomic E-state index is 0.0694. The van der Waals surface area contributed by atoms with Gasteiger partial charge in [-0.15, -0.1) is 0 Å². The number of benzene rings is 1. The van der Waals surface area contributed by atoms with Gasteiger partial charge in [0.15, 0.2) is 0 Å². The van der Waals surface area contributed by atoms with E-state index in [1.54, 1.807) is 41.0 Å². The number of amides is 1. The number of likely N-dealkylation sites (tertiary alicyclic amines) is 1. The van der Waals surface area contributed by atoms with Crippen molar-refractivity contribution in [3.63, 3.8) is 0 Å². The molecule has 0 unspecified atom stereocenters. The lowest BCUT2D eigenvalue weighted by atomic mass is 9.72. The lowest BCUT2D eigenvalue weighted by molar-refractivity contribution is -0.137. The van der Waals surface area contributed by atoms with Gasteiger partial charge in [0, 0.05) is 37.6 Å². The first-order valence-electron chi connectivity index (χ1n) is 9.79. The zero-order chi connectivity index (χ0) is 19.4. The number of pyridine rings is 1. The normalized spacial score (nSPS) is 29.9. The molecule has 3 saturated heterocycles. The van der Waals surface area contributed by atoms with Crippen molar-refractivity contribution in [1.82, 2.24) is 14.2 Å². The molecule has 1 amide bonds. The topological polar surface area (TPSA) is 70.6 Å². The quantitative estimate of drug-likeness (QED) is 0.794. The Labute approximate surface area is 165 Å². The predicted octanol–water partition coefficient (Wildman–Crippen LogP) is 2.43. The third-order valence-corrected chi connectivity index (χ3v) is 8.64. The van der Waals surface area contributed by atoms with Gasteiger partial charge < -0.3 is 4.90 Å². The van der Waals surface area contributed by atoms with Crippen molar-refractivity contribution < 1.29 is 13.2 Å². The lowest BCUT2D eigenvalue weighted by Crippen LogP contribution is -2.45. The third-order valence-electron chi connectivity index (χ3n) is 6.66. The van der Waals surface area contributed by atoms with E-state index in [0.29, 0.717) is 24.4 Å². The van der Waals surface area contributed by atoms with Crippen LogP contribution in [0.25, 0.3) is 0 Å². The molecule has 3 fully saturated rings. The molecule has 7 heteroatoms. The summed E-state index contributed by atoms with van der Waals surface area (Å²) < 4.78 is 28.3. The highest BCUT2D eigenvalue weighted by Crippen LogP contribution is 2.56. The number of carbonyl (C=O) groups excluding carboxylic acids is 1. The molecule has 3 atom stereocenters. The number of rotatable bonds is 4. The van der Waals surface area contributed by atoms with Crippen LogP contribution in [-0.2, 0) is 21.4 Å². The average molecular weight is 398 g/mol. The van der Waals surface area contributed by atoms with Crippen LogP contribution in [0.5, 0.6) is 0 Å². The van der Waals surface area contributed by atoms with Crippen LogP contribution in [-0.4, -0.2) is 47.1 Å². The van der Waals surface area contributed by atoms with E-state index in [2.05, 4.69) is 4.98 Å². The van der Waals surface area contributed by atoms with Crippen LogP contribution in [0.15, 0.2) is 59.8 Å². The highest BCUT2D eigenvalue weighted by atomic mass is 32.2. The molecule has 3 aliphatic heterocycles. The van der Waals surface area contributed by atoms with Crippen molar-refractivity contribution in [2.24, 2.45) is 5.41 Å². The van der Waals surface area contributed by atoms with Crippen LogP contribution in [0, 0.1) is 5.41 Å². The second-order valence-corrected chi connectivity index (χ2v) is 9.93. The number of carbonyl (C=O) groups is 1. The first-order chi connectivity index (χ1) is 13.5. The van der Waals surface area contributed by atoms with Gasteiger partial charge in [-0.1, -0.05) is 18.2 Å². The van der Waals surface area contributed by atoms with Crippen LogP contribution >= 0.6 is 0 Å². The molecule has 2 bridgehead atoms. The zero-order valence-corrected chi connectivity index (χ0v) is 16.4. The molecule has 6 nitrogen and oxygen atoms in total. The minimum atomic E-state index is -3.58. The predicted molar refractivity (Wildman–Crippen MR) is 104 cm³/mol. The van der Waals surface area contributed by atoms with Gasteiger partial charge in [0.1, 0.15) is 0 Å². The molecule has 1 aromatic carbocycles. The molecule has 1 aromatic heterocycles. The van der Waals surface area contributed by atoms with E-state index in [-0.39, 0.29) is 18.0 Å². The standard InChI is InChI=1S/C21H23N3O3S/c25-20-21(10-13-23(20)15-16-8-11-22-12-9-16)14-17-6-7-19(21)24(17)28(26,27)18-4-2-1-3-5-18/h1-5,8-9,11-12,17,19H,6-7,10,13-15H2/t17-,19-,21-/m1/s1. The summed E-state index contributed by atoms with van der Waals surface area (Å²) in [6.45, 7) is 1.25. The van der Waals surface area contributed by atoms with E-state index in [0.717, 1.165) is 24.8 Å². The summed E-state index contributed by atoms with van der Waals surface area (Å²) in [5.74, 6) is 0.116. The third kappa shape index (κ3) is 2.53. The van der Waals surface area contributed by atoms with Crippen LogP contribution in [0.3, 0.4) is 0 Å². The summed E-state index contributed by atoms with van der Waals surface area (Å²) in [4.78, 5) is 19.7. The van der Waals surface area contributed by atoms with Crippen LogP contribution in [0.1, 0.15) is 31.2 Å². The number of aromatic nitrogens is 1. The Kier molecular flexibility index (Phi) is 4.07. The van der Waals surface area contributed by atoms with Crippen molar-refractivity contribution in [1.29, 1.82) is 0 Å². The van der Waals surface area contributed by atoms with Gasteiger partial charge in [-0.3, -0.25) is 9.78 Å². The highest BCUT2D eigenvalue weighted by Gasteiger charge is 2.65. The first-order valence-corrected chi connectivity index (χ1v) is 11.2. The molecule has 0 radical (unpaired) electrons. The van der Waals surface area contributed by atoms with Crippen molar-refractivity contribution in [3.05, 3.63) is 60.4 Å². The van der Waals surface area contributed by atoms with E-state index in [9.17, 15) is 13.2 Å². The van der Waals surface area contributed by atoms with Gasteiger partial charge in [-0.25, -0.2) is 8.42 Å². The second-order valence-electron chi connectivity index (χ2n) is 8.09. The molecular weight excluding hydrogens is 374 g/mol. The largest absolute Gasteiger partial charge is 0.338 e. The molecular formula is C21H23N3O3S. The molecule has 5 rings (SSSR count). The van der Waals surface area contributed by atoms with Gasteiger partial charge >= 0.3 is 0 Å². The molecule has 2 aromatic rings. The SMILES string of the molecule is O=C1N(Cc2ccncc2)CC[C@]12C[C@H]1CC[C@H]2N1S(=O)(=O)c1ccccc1. The van der Waals surface area contributed by atoms with Crippen molar-refractivity contribution in [3.8, 4) is 0 Å². The van der Waals surface area contributed by atoms with E-state index < -0.39 is 15.4 Å². The summed E-state index contributed by atoms with van der Waals surface area (Å²) in [5, 5.41) is 0. The van der Waals surface area contributed by atoms with E-state index in [1.807, 2.05) is 23.1 Å². The summed E-state index contributed by atoms with van der Waals surface area (Å²) in [7, 11) is -3.58. The van der Waals surface area contributed by atoms with Gasteiger partial charge in [-0.2, -0.15) is 4.31 Å². The van der Waals surface area contributed by atoms with E-state index in [1.165, 1.54) is 0 Å². The fourth-order valence-electron chi connectivity index (χ4n) is 5.42. The van der Waals surface area contributed by atoms with E-state index >= 15 is 0 Å². The van der Waals surface area contributed by atoms with Crippen molar-refractivity contribution in [2.75, 3.05) is 6.54 Å². The summed E-state index contributed by atoms with van der Waals surface area (Å²) in [6, 6.07) is 12.2. The zero-order valence-electron chi connectivity index (χ0n) is 15.6. The Morgan fingerprint density at radius 1 is 1.07 bits per heavy atom. The first kappa shape index (κ1) is 17.8. The fraction of sp³-hybridized carbons (Fsp3) is 0.429. The van der Waals surface area contributed by atoms with Crippen molar-refractivity contribution >= 4 is 15.9 Å². The van der Waals surface area contributed by atoms with Crippen LogP contribution in [0.4, 0.5) is 0 Å². The van der Waals surface area contributed by atoms with Gasteiger partial charge in [0.25, 0.3) is 0 Å². The smallest absolute Gasteiger partial charge is 0.243 e. The minimum Gasteiger partial charge on any atom is -0.338 e. The van der Waals surface area contributed by atoms with Crippen LogP contribution < -0.4 is 0 Å². The number of fused-ring (bicyclic) bond motifs is 3. The summed E-state index contributed by atoms with van der Waals surface area (Å²) in [5.41, 5.74) is 0.495. The lowest BCUT2D eigenvalue weighted by Gasteiger charge is -2.32. The Morgan fingerprint density at radius 3 is 2.57 bits per heavy atom. The fourth-order valence-corrected chi connectivity index (χ4v) is 7.38. The molecule has 4 heterocycles. The number of hydrogen-bond donors (Lipinski definition) is 0. The molecule has 146 valence electrons. The Balaban J connectivity index is 1.43. The van der Waals surface area contributed by atoms with Gasteiger partial charge in [-0.05, 0) is 55.5 Å². The Morgan fingerprint density at radius 2 is 1.82 bits per heavy atom. The summed E-state index contributed by atoms with van der Waals surface area (Å²) in [6.07, 6.45) is 6.46. The number of nitrogens with zero attached hydrogens (tertiary/aromatic N) is 3. The number of sulfonamides is 1. The molecule has 0 aliphatic carbocycles. The van der Waals surface area contributed by atoms with Gasteiger partial charge in [0.2, 0.25) is 15.9 Å². The highest BCUT2D eigenvalue weighted by molar-refractivity contribution is 7.89. The molecule has 28 heavy (non-hydrogen) atoms. The average Bonchev–Trinajstić information content (AvgIpc) is 3.38. The van der Waals surface area contributed by atoms with Crippen molar-refractivity contribution in [2.45, 2.75) is 49.2 Å². The van der Waals surface area contributed by atoms with Gasteiger partial charge in [0.05, 0.1) is 10.3 Å². The monoisotopic (exact) mass is 397 g/mol.